The molecule has 1 aromatic heterocycles. The van der Waals surface area contributed by atoms with Crippen molar-refractivity contribution in [3.63, 3.8) is 0 Å². The highest BCUT2D eigenvalue weighted by molar-refractivity contribution is 5.28. The Morgan fingerprint density at radius 1 is 1.46 bits per heavy atom. The van der Waals surface area contributed by atoms with Crippen LogP contribution < -0.4 is 0 Å². The molecule has 0 saturated heterocycles. The Hall–Kier alpha value is -1.40. The normalized spacial score (nSPS) is 8.15. The Morgan fingerprint density at radius 2 is 2.15 bits per heavy atom. The van der Waals surface area contributed by atoms with Crippen molar-refractivity contribution in [2.24, 2.45) is 0 Å². The van der Waals surface area contributed by atoms with E-state index in [1.54, 1.807) is 19.4 Å². The zero-order valence-electron chi connectivity index (χ0n) is 8.24. The fourth-order valence-electron chi connectivity index (χ4n) is 0.794. The molecule has 0 atom stereocenters. The standard InChI is InChI=1S/C8H8N2O.C2H6/c1-11-6-8-2-7(3-9)4-10-5-8;1-2/h2,4-5H,6H2,1H3;1-2H3. The molecule has 0 spiro atoms. The van der Waals surface area contributed by atoms with Crippen LogP contribution in [-0.2, 0) is 11.3 Å². The molecule has 0 amide bonds. The molecule has 0 radical (unpaired) electrons. The molecule has 0 N–H and O–H groups in total. The van der Waals surface area contributed by atoms with Gasteiger partial charge in [-0.15, -0.1) is 0 Å². The number of methoxy groups -OCH3 is 1. The van der Waals surface area contributed by atoms with Gasteiger partial charge in [0.25, 0.3) is 0 Å². The third kappa shape index (κ3) is 4.24. The number of hydrogen-bond donors (Lipinski definition) is 0. The molecule has 0 aromatic carbocycles. The Labute approximate surface area is 79.0 Å². The minimum atomic E-state index is 0.502. The van der Waals surface area contributed by atoms with E-state index in [0.29, 0.717) is 12.2 Å². The molecule has 0 aliphatic rings. The van der Waals surface area contributed by atoms with E-state index in [1.807, 2.05) is 19.9 Å². The van der Waals surface area contributed by atoms with E-state index < -0.39 is 0 Å². The second kappa shape index (κ2) is 7.26. The van der Waals surface area contributed by atoms with E-state index in [4.69, 9.17) is 10.00 Å². The van der Waals surface area contributed by atoms with E-state index in [2.05, 4.69) is 4.98 Å². The lowest BCUT2D eigenvalue weighted by molar-refractivity contribution is 0.184. The minimum Gasteiger partial charge on any atom is -0.380 e. The van der Waals surface area contributed by atoms with Crippen LogP contribution in [0.3, 0.4) is 0 Å². The smallest absolute Gasteiger partial charge is 0.101 e. The lowest BCUT2D eigenvalue weighted by Crippen LogP contribution is -1.89. The van der Waals surface area contributed by atoms with Gasteiger partial charge in [-0.3, -0.25) is 4.98 Å². The highest BCUT2D eigenvalue weighted by Crippen LogP contribution is 2.01. The molecular weight excluding hydrogens is 164 g/mol. The van der Waals surface area contributed by atoms with Gasteiger partial charge in [0.1, 0.15) is 6.07 Å². The lowest BCUT2D eigenvalue weighted by Gasteiger charge is -1.96. The maximum absolute atomic E-state index is 8.50. The number of aromatic nitrogens is 1. The molecule has 1 rings (SSSR count). The predicted molar refractivity (Wildman–Crippen MR) is 51.0 cm³/mol. The second-order valence-electron chi connectivity index (χ2n) is 2.13. The molecule has 70 valence electrons. The summed E-state index contributed by atoms with van der Waals surface area (Å²) in [5, 5.41) is 8.50. The van der Waals surface area contributed by atoms with Crippen LogP contribution in [0.25, 0.3) is 0 Å². The van der Waals surface area contributed by atoms with E-state index in [9.17, 15) is 0 Å². The summed E-state index contributed by atoms with van der Waals surface area (Å²) in [6.07, 6.45) is 3.21. The first kappa shape index (κ1) is 11.6. The molecule has 0 aliphatic heterocycles. The van der Waals surface area contributed by atoms with Crippen LogP contribution in [-0.4, -0.2) is 12.1 Å². The van der Waals surface area contributed by atoms with Crippen molar-refractivity contribution in [2.75, 3.05) is 7.11 Å². The van der Waals surface area contributed by atoms with Crippen molar-refractivity contribution in [2.45, 2.75) is 20.5 Å². The van der Waals surface area contributed by atoms with Crippen molar-refractivity contribution < 1.29 is 4.74 Å². The maximum Gasteiger partial charge on any atom is 0.101 e. The molecule has 0 unspecified atom stereocenters. The molecule has 1 aromatic rings. The van der Waals surface area contributed by atoms with Crippen LogP contribution in [0.2, 0.25) is 0 Å². The highest BCUT2D eigenvalue weighted by atomic mass is 16.5. The number of rotatable bonds is 2. The van der Waals surface area contributed by atoms with Crippen molar-refractivity contribution in [3.8, 4) is 6.07 Å². The summed E-state index contributed by atoms with van der Waals surface area (Å²) in [4.78, 5) is 3.87. The zero-order valence-corrected chi connectivity index (χ0v) is 8.24. The van der Waals surface area contributed by atoms with Crippen molar-refractivity contribution in [1.82, 2.24) is 4.98 Å². The Balaban J connectivity index is 0.000000671. The molecule has 0 bridgehead atoms. The average molecular weight is 178 g/mol. The van der Waals surface area contributed by atoms with Gasteiger partial charge in [0.15, 0.2) is 0 Å². The maximum atomic E-state index is 8.50. The molecule has 13 heavy (non-hydrogen) atoms. The topological polar surface area (TPSA) is 45.9 Å². The SMILES string of the molecule is CC.COCc1cncc(C#N)c1. The molecule has 3 heteroatoms. The Morgan fingerprint density at radius 3 is 2.69 bits per heavy atom. The molecule has 1 heterocycles. The minimum absolute atomic E-state index is 0.502. The fourth-order valence-corrected chi connectivity index (χ4v) is 0.794. The number of nitriles is 1. The van der Waals surface area contributed by atoms with Gasteiger partial charge in [-0.25, -0.2) is 0 Å². The Kier molecular flexibility index (Phi) is 6.48. The van der Waals surface area contributed by atoms with Gasteiger partial charge < -0.3 is 4.74 Å². The van der Waals surface area contributed by atoms with Crippen molar-refractivity contribution in [1.29, 1.82) is 5.26 Å². The number of hydrogen-bond acceptors (Lipinski definition) is 3. The summed E-state index contributed by atoms with van der Waals surface area (Å²) in [6, 6.07) is 3.77. The summed E-state index contributed by atoms with van der Waals surface area (Å²) in [5.41, 5.74) is 1.49. The predicted octanol–water partition coefficient (Wildman–Crippen LogP) is 2.13. The summed E-state index contributed by atoms with van der Waals surface area (Å²) >= 11 is 0. The molecular formula is C10H14N2O. The second-order valence-corrected chi connectivity index (χ2v) is 2.13. The van der Waals surface area contributed by atoms with Gasteiger partial charge in [-0.2, -0.15) is 5.26 Å². The van der Waals surface area contributed by atoms with E-state index in [1.165, 1.54) is 6.20 Å². The van der Waals surface area contributed by atoms with Gasteiger partial charge in [0.2, 0.25) is 0 Å². The number of nitrogens with zero attached hydrogens (tertiary/aromatic N) is 2. The number of ether oxygens (including phenoxy) is 1. The first-order chi connectivity index (χ1) is 6.36. The van der Waals surface area contributed by atoms with E-state index >= 15 is 0 Å². The van der Waals surface area contributed by atoms with Crippen LogP contribution >= 0.6 is 0 Å². The average Bonchev–Trinajstić information content (AvgIpc) is 2.22. The summed E-state index contributed by atoms with van der Waals surface area (Å²) in [5.74, 6) is 0. The van der Waals surface area contributed by atoms with Gasteiger partial charge in [-0.1, -0.05) is 13.8 Å². The third-order valence-corrected chi connectivity index (χ3v) is 1.23. The monoisotopic (exact) mass is 178 g/mol. The van der Waals surface area contributed by atoms with Crippen LogP contribution in [0.4, 0.5) is 0 Å². The van der Waals surface area contributed by atoms with Crippen LogP contribution in [0, 0.1) is 11.3 Å². The Bertz CT molecular complexity index is 278. The highest BCUT2D eigenvalue weighted by Gasteiger charge is 1.93. The zero-order chi connectivity index (χ0) is 10.1. The lowest BCUT2D eigenvalue weighted by atomic mass is 10.2. The molecule has 0 fully saturated rings. The van der Waals surface area contributed by atoms with Crippen LogP contribution in [0.15, 0.2) is 18.5 Å². The van der Waals surface area contributed by atoms with Gasteiger partial charge in [0, 0.05) is 19.5 Å². The molecule has 0 saturated carbocycles. The van der Waals surface area contributed by atoms with E-state index in [0.717, 1.165) is 5.56 Å². The largest absolute Gasteiger partial charge is 0.380 e. The summed E-state index contributed by atoms with van der Waals surface area (Å²) in [7, 11) is 1.61. The first-order valence-corrected chi connectivity index (χ1v) is 4.20. The molecule has 3 nitrogen and oxygen atoms in total. The van der Waals surface area contributed by atoms with E-state index in [-0.39, 0.29) is 0 Å². The summed E-state index contributed by atoms with van der Waals surface area (Å²) in [6.45, 7) is 4.50. The number of pyridine rings is 1. The van der Waals surface area contributed by atoms with Crippen molar-refractivity contribution in [3.05, 3.63) is 29.6 Å². The fraction of sp³-hybridized carbons (Fsp3) is 0.400. The van der Waals surface area contributed by atoms with Crippen LogP contribution in [0.5, 0.6) is 0 Å². The van der Waals surface area contributed by atoms with Crippen LogP contribution in [0.1, 0.15) is 25.0 Å². The first-order valence-electron chi connectivity index (χ1n) is 4.20. The van der Waals surface area contributed by atoms with Crippen molar-refractivity contribution >= 4 is 0 Å². The van der Waals surface area contributed by atoms with Gasteiger partial charge in [0.05, 0.1) is 12.2 Å². The third-order valence-electron chi connectivity index (χ3n) is 1.23. The quantitative estimate of drug-likeness (QED) is 0.696. The van der Waals surface area contributed by atoms with Gasteiger partial charge >= 0.3 is 0 Å². The molecule has 0 aliphatic carbocycles. The van der Waals surface area contributed by atoms with Gasteiger partial charge in [-0.05, 0) is 11.6 Å². The summed E-state index contributed by atoms with van der Waals surface area (Å²) < 4.78 is 4.88.